The maximum absolute atomic E-state index is 11.8. The number of carboxylic acid groups (broad SMARTS) is 1. The number of aromatic carboxylic acids is 1. The van der Waals surface area contributed by atoms with E-state index in [0.717, 1.165) is 13.1 Å². The molecule has 0 spiro atoms. The molecule has 8 nitrogen and oxygen atoms in total. The summed E-state index contributed by atoms with van der Waals surface area (Å²) in [6.07, 6.45) is 0. The Morgan fingerprint density at radius 2 is 1.62 bits per heavy atom. The van der Waals surface area contributed by atoms with Crippen LogP contribution in [0.4, 0.5) is 11.5 Å². The molecule has 2 aromatic carbocycles. The zero-order chi connectivity index (χ0) is 20.2. The molecule has 29 heavy (non-hydrogen) atoms. The van der Waals surface area contributed by atoms with Crippen LogP contribution in [-0.2, 0) is 0 Å². The number of aromatic nitrogens is 3. The number of nitrogens with zero attached hydrogens (tertiary/aromatic N) is 5. The van der Waals surface area contributed by atoms with E-state index < -0.39 is 5.97 Å². The first-order valence-corrected chi connectivity index (χ1v) is 9.65. The van der Waals surface area contributed by atoms with Crippen LogP contribution in [0.2, 0.25) is 0 Å². The van der Waals surface area contributed by atoms with Crippen LogP contribution in [0.25, 0.3) is 5.69 Å². The van der Waals surface area contributed by atoms with Gasteiger partial charge >= 0.3 is 5.97 Å². The summed E-state index contributed by atoms with van der Waals surface area (Å²) in [6, 6.07) is 17.5. The molecule has 0 unspecified atom stereocenters. The average molecular weight is 393 g/mol. The Labute approximate surface area is 168 Å². The lowest BCUT2D eigenvalue weighted by molar-refractivity contribution is 0.0690. The van der Waals surface area contributed by atoms with E-state index >= 15 is 0 Å². The van der Waals surface area contributed by atoms with Crippen LogP contribution in [0, 0.1) is 0 Å². The minimum absolute atomic E-state index is 0.0514. The molecule has 0 amide bonds. The van der Waals surface area contributed by atoms with Gasteiger partial charge in [0.1, 0.15) is 11.4 Å². The fraction of sp³-hybridized carbons (Fsp3) is 0.286. The third kappa shape index (κ3) is 3.87. The van der Waals surface area contributed by atoms with Gasteiger partial charge < -0.3 is 19.6 Å². The van der Waals surface area contributed by atoms with Crippen LogP contribution in [0.5, 0.6) is 5.75 Å². The smallest absolute Gasteiger partial charge is 0.360 e. The molecular formula is C21H23N5O3. The molecule has 1 aromatic heterocycles. The molecule has 0 atom stereocenters. The van der Waals surface area contributed by atoms with Gasteiger partial charge in [-0.15, -0.1) is 15.0 Å². The minimum Gasteiger partial charge on any atom is -0.492 e. The molecule has 0 aliphatic carbocycles. The first-order chi connectivity index (χ1) is 14.2. The largest absolute Gasteiger partial charge is 0.492 e. The second-order valence-corrected chi connectivity index (χ2v) is 6.68. The standard InChI is InChI=1S/C21H23N5O3/c1-2-29-18-11-7-6-10-17(18)26-22-19(21(27)28)20(23-26)25-14-12-24(13-15-25)16-8-4-3-5-9-16/h3-11H,2,12-15H2,1H3,(H,27,28). The molecule has 1 aliphatic rings. The van der Waals surface area contributed by atoms with Crippen LogP contribution in [0.3, 0.4) is 0 Å². The monoisotopic (exact) mass is 393 g/mol. The quantitative estimate of drug-likeness (QED) is 0.689. The van der Waals surface area contributed by atoms with Crippen LogP contribution in [-0.4, -0.2) is 58.9 Å². The zero-order valence-electron chi connectivity index (χ0n) is 16.2. The Hall–Kier alpha value is -3.55. The maximum Gasteiger partial charge on any atom is 0.360 e. The summed E-state index contributed by atoms with van der Waals surface area (Å²) in [4.78, 5) is 17.4. The van der Waals surface area contributed by atoms with Crippen LogP contribution in [0.1, 0.15) is 17.4 Å². The Kier molecular flexibility index (Phi) is 5.33. The predicted molar refractivity (Wildman–Crippen MR) is 110 cm³/mol. The van der Waals surface area contributed by atoms with Crippen molar-refractivity contribution in [3.8, 4) is 11.4 Å². The Morgan fingerprint density at radius 3 is 2.31 bits per heavy atom. The summed E-state index contributed by atoms with van der Waals surface area (Å²) in [5.41, 5.74) is 1.73. The van der Waals surface area contributed by atoms with Gasteiger partial charge in [-0.05, 0) is 31.2 Å². The lowest BCUT2D eigenvalue weighted by Crippen LogP contribution is -2.47. The van der Waals surface area contributed by atoms with Crippen molar-refractivity contribution in [2.45, 2.75) is 6.92 Å². The Balaban J connectivity index is 1.59. The van der Waals surface area contributed by atoms with Crippen molar-refractivity contribution < 1.29 is 14.6 Å². The highest BCUT2D eigenvalue weighted by atomic mass is 16.5. The minimum atomic E-state index is -1.09. The van der Waals surface area contributed by atoms with Crippen LogP contribution in [0.15, 0.2) is 54.6 Å². The topological polar surface area (TPSA) is 83.7 Å². The molecule has 3 aromatic rings. The molecule has 0 radical (unpaired) electrons. The predicted octanol–water partition coefficient (Wildman–Crippen LogP) is 2.69. The van der Waals surface area contributed by atoms with Crippen molar-refractivity contribution in [2.24, 2.45) is 0 Å². The third-order valence-electron chi connectivity index (χ3n) is 4.88. The van der Waals surface area contributed by atoms with Crippen molar-refractivity contribution in [2.75, 3.05) is 42.6 Å². The number of carboxylic acids is 1. The number of benzene rings is 2. The highest BCUT2D eigenvalue weighted by molar-refractivity contribution is 5.91. The first kappa shape index (κ1) is 18.8. The maximum atomic E-state index is 11.8. The second-order valence-electron chi connectivity index (χ2n) is 6.68. The van der Waals surface area contributed by atoms with Crippen molar-refractivity contribution in [3.05, 3.63) is 60.3 Å². The van der Waals surface area contributed by atoms with Gasteiger partial charge in [-0.2, -0.15) is 0 Å². The molecule has 1 saturated heterocycles. The molecular weight excluding hydrogens is 370 g/mol. The van der Waals surface area contributed by atoms with E-state index in [9.17, 15) is 9.90 Å². The summed E-state index contributed by atoms with van der Waals surface area (Å²) in [7, 11) is 0. The number of para-hydroxylation sites is 3. The highest BCUT2D eigenvalue weighted by Gasteiger charge is 2.27. The summed E-state index contributed by atoms with van der Waals surface area (Å²) in [5.74, 6) is -0.0930. The highest BCUT2D eigenvalue weighted by Crippen LogP contribution is 2.26. The molecule has 0 saturated carbocycles. The van der Waals surface area contributed by atoms with Crippen molar-refractivity contribution in [3.63, 3.8) is 0 Å². The van der Waals surface area contributed by atoms with E-state index in [0.29, 0.717) is 37.0 Å². The van der Waals surface area contributed by atoms with Crippen molar-refractivity contribution in [1.82, 2.24) is 15.0 Å². The van der Waals surface area contributed by atoms with Gasteiger partial charge in [0.05, 0.1) is 6.61 Å². The van der Waals surface area contributed by atoms with Gasteiger partial charge in [0.25, 0.3) is 0 Å². The third-order valence-corrected chi connectivity index (χ3v) is 4.88. The van der Waals surface area contributed by atoms with Crippen molar-refractivity contribution >= 4 is 17.5 Å². The van der Waals surface area contributed by atoms with Gasteiger partial charge in [0.2, 0.25) is 5.69 Å². The first-order valence-electron chi connectivity index (χ1n) is 9.65. The normalized spacial score (nSPS) is 14.1. The number of rotatable bonds is 6. The Bertz CT molecular complexity index is 981. The second kappa shape index (κ2) is 8.22. The molecule has 4 rings (SSSR count). The summed E-state index contributed by atoms with van der Waals surface area (Å²) in [5, 5.41) is 18.4. The zero-order valence-corrected chi connectivity index (χ0v) is 16.2. The lowest BCUT2D eigenvalue weighted by atomic mass is 10.2. The molecule has 1 fully saturated rings. The Morgan fingerprint density at radius 1 is 0.966 bits per heavy atom. The molecule has 1 aliphatic heterocycles. The van der Waals surface area contributed by atoms with Gasteiger partial charge in [0.15, 0.2) is 5.82 Å². The molecule has 0 bridgehead atoms. The van der Waals surface area contributed by atoms with E-state index in [2.05, 4.69) is 27.2 Å². The van der Waals surface area contributed by atoms with E-state index in [4.69, 9.17) is 4.74 Å². The summed E-state index contributed by atoms with van der Waals surface area (Å²) < 4.78 is 5.64. The van der Waals surface area contributed by atoms with Gasteiger partial charge in [-0.25, -0.2) is 4.79 Å². The molecule has 8 heteroatoms. The number of piperazine rings is 1. The molecule has 150 valence electrons. The number of ether oxygens (including phenoxy) is 1. The lowest BCUT2D eigenvalue weighted by Gasteiger charge is -2.36. The number of anilines is 2. The summed E-state index contributed by atoms with van der Waals surface area (Å²) >= 11 is 0. The number of hydrogen-bond acceptors (Lipinski definition) is 6. The van der Waals surface area contributed by atoms with E-state index in [1.807, 2.05) is 54.3 Å². The van der Waals surface area contributed by atoms with E-state index in [1.54, 1.807) is 0 Å². The average Bonchev–Trinajstić information content (AvgIpc) is 3.21. The number of hydrogen-bond donors (Lipinski definition) is 1. The SMILES string of the molecule is CCOc1ccccc1-n1nc(C(=O)O)c(N2CCN(c3ccccc3)CC2)n1. The fourth-order valence-corrected chi connectivity index (χ4v) is 3.47. The van der Waals surface area contributed by atoms with Crippen LogP contribution < -0.4 is 14.5 Å². The van der Waals surface area contributed by atoms with Gasteiger partial charge in [0, 0.05) is 31.9 Å². The van der Waals surface area contributed by atoms with E-state index in [-0.39, 0.29) is 5.69 Å². The van der Waals surface area contributed by atoms with Crippen molar-refractivity contribution in [1.29, 1.82) is 0 Å². The molecule has 1 N–H and O–H groups in total. The summed E-state index contributed by atoms with van der Waals surface area (Å²) in [6.45, 7) is 5.30. The number of carbonyl (C=O) groups is 1. The van der Waals surface area contributed by atoms with Gasteiger partial charge in [-0.3, -0.25) is 0 Å². The van der Waals surface area contributed by atoms with Gasteiger partial charge in [-0.1, -0.05) is 30.3 Å². The molecule has 2 heterocycles. The van der Waals surface area contributed by atoms with Crippen LogP contribution >= 0.6 is 0 Å². The van der Waals surface area contributed by atoms with E-state index in [1.165, 1.54) is 10.5 Å². The fourth-order valence-electron chi connectivity index (χ4n) is 3.47.